The molecule has 2 aromatic heterocycles. The molecule has 0 saturated heterocycles. The minimum absolute atomic E-state index is 0.571. The zero-order valence-electron chi connectivity index (χ0n) is 33.6. The van der Waals surface area contributed by atoms with Crippen LogP contribution in [0.2, 0.25) is 0 Å². The summed E-state index contributed by atoms with van der Waals surface area (Å²) >= 11 is 0. The number of para-hydroxylation sites is 1. The summed E-state index contributed by atoms with van der Waals surface area (Å²) in [5, 5.41) is 2.04. The van der Waals surface area contributed by atoms with Gasteiger partial charge in [0, 0.05) is 44.5 Å². The van der Waals surface area contributed by atoms with E-state index in [1.165, 1.54) is 11.1 Å². The van der Waals surface area contributed by atoms with Crippen LogP contribution in [0.1, 0.15) is 0 Å². The third-order valence-corrected chi connectivity index (χ3v) is 11.4. The maximum atomic E-state index is 6.58. The van der Waals surface area contributed by atoms with Gasteiger partial charge < -0.3 is 9.32 Å². The third kappa shape index (κ3) is 7.18. The van der Waals surface area contributed by atoms with Gasteiger partial charge in [0.05, 0.1) is 0 Å². The van der Waals surface area contributed by atoms with Gasteiger partial charge >= 0.3 is 0 Å². The molecule has 9 aromatic carbocycles. The lowest BCUT2D eigenvalue weighted by molar-refractivity contribution is 0.669. The molecule has 5 heteroatoms. The molecule has 11 rings (SSSR count). The number of anilines is 3. The van der Waals surface area contributed by atoms with Crippen molar-refractivity contribution in [1.82, 2.24) is 15.0 Å². The van der Waals surface area contributed by atoms with Crippen molar-refractivity contribution < 1.29 is 4.42 Å². The monoisotopic (exact) mass is 794 g/mol. The zero-order valence-corrected chi connectivity index (χ0v) is 33.6. The molecule has 0 spiro atoms. The number of rotatable bonds is 9. The molecule has 0 atom stereocenters. The highest BCUT2D eigenvalue weighted by molar-refractivity contribution is 6.07. The molecule has 292 valence electrons. The van der Waals surface area contributed by atoms with Crippen LogP contribution in [0, 0.1) is 0 Å². The van der Waals surface area contributed by atoms with E-state index in [2.05, 4.69) is 205 Å². The Morgan fingerprint density at radius 1 is 0.258 bits per heavy atom. The van der Waals surface area contributed by atoms with E-state index in [9.17, 15) is 0 Å². The van der Waals surface area contributed by atoms with Crippen LogP contribution in [0.25, 0.3) is 89.5 Å². The summed E-state index contributed by atoms with van der Waals surface area (Å²) < 4.78 is 6.58. The van der Waals surface area contributed by atoms with Crippen molar-refractivity contribution in [3.05, 3.63) is 231 Å². The first-order chi connectivity index (χ1) is 30.7. The molecule has 62 heavy (non-hydrogen) atoms. The lowest BCUT2D eigenvalue weighted by Crippen LogP contribution is -2.09. The van der Waals surface area contributed by atoms with Gasteiger partial charge in [0.25, 0.3) is 0 Å². The Hall–Kier alpha value is -8.41. The highest BCUT2D eigenvalue weighted by atomic mass is 16.3. The Bertz CT molecular complexity index is 3200. The molecular formula is C57H38N4O. The first-order valence-corrected chi connectivity index (χ1v) is 20.8. The normalized spacial score (nSPS) is 11.2. The molecule has 0 aliphatic carbocycles. The Morgan fingerprint density at radius 2 is 0.629 bits per heavy atom. The van der Waals surface area contributed by atoms with Gasteiger partial charge in [-0.3, -0.25) is 0 Å². The van der Waals surface area contributed by atoms with Crippen molar-refractivity contribution in [2.45, 2.75) is 0 Å². The smallest absolute Gasteiger partial charge is 0.164 e. The number of hydrogen-bond donors (Lipinski definition) is 0. The predicted octanol–water partition coefficient (Wildman–Crippen LogP) is 15.2. The third-order valence-electron chi connectivity index (χ3n) is 11.4. The second-order valence-corrected chi connectivity index (χ2v) is 15.3. The van der Waals surface area contributed by atoms with Crippen LogP contribution >= 0.6 is 0 Å². The van der Waals surface area contributed by atoms with E-state index in [0.29, 0.717) is 17.5 Å². The lowest BCUT2D eigenvalue weighted by Gasteiger charge is -2.25. The Kier molecular flexibility index (Phi) is 9.45. The van der Waals surface area contributed by atoms with Crippen molar-refractivity contribution in [1.29, 1.82) is 0 Å². The van der Waals surface area contributed by atoms with Gasteiger partial charge in [-0.15, -0.1) is 0 Å². The van der Waals surface area contributed by atoms with Crippen molar-refractivity contribution in [3.63, 3.8) is 0 Å². The van der Waals surface area contributed by atoms with Crippen LogP contribution in [0.3, 0.4) is 0 Å². The highest BCUT2D eigenvalue weighted by Gasteiger charge is 2.18. The van der Waals surface area contributed by atoms with Gasteiger partial charge in [-0.1, -0.05) is 176 Å². The molecule has 0 N–H and O–H groups in total. The molecule has 0 amide bonds. The van der Waals surface area contributed by atoms with Crippen molar-refractivity contribution in [2.24, 2.45) is 0 Å². The Morgan fingerprint density at radius 3 is 1.13 bits per heavy atom. The number of furan rings is 1. The average molecular weight is 795 g/mol. The van der Waals surface area contributed by atoms with Gasteiger partial charge in [0.15, 0.2) is 17.5 Å². The van der Waals surface area contributed by atoms with Gasteiger partial charge in [-0.25, -0.2) is 15.0 Å². The highest BCUT2D eigenvalue weighted by Crippen LogP contribution is 2.40. The Labute approximate surface area is 359 Å². The summed E-state index contributed by atoms with van der Waals surface area (Å²) in [5.74, 6) is 1.77. The van der Waals surface area contributed by atoms with Crippen molar-refractivity contribution in [3.8, 4) is 67.5 Å². The molecule has 11 aromatic rings. The maximum Gasteiger partial charge on any atom is 0.164 e. The van der Waals surface area contributed by atoms with Gasteiger partial charge in [-0.2, -0.15) is 0 Å². The van der Waals surface area contributed by atoms with Gasteiger partial charge in [0.2, 0.25) is 0 Å². The fraction of sp³-hybridized carbons (Fsp3) is 0. The fourth-order valence-corrected chi connectivity index (χ4v) is 8.15. The second kappa shape index (κ2) is 16.0. The Balaban J connectivity index is 0.980. The molecule has 0 saturated carbocycles. The van der Waals surface area contributed by atoms with Crippen LogP contribution in [0.4, 0.5) is 17.1 Å². The zero-order chi connectivity index (χ0) is 41.2. The minimum atomic E-state index is 0.571. The van der Waals surface area contributed by atoms with Gasteiger partial charge in [0.1, 0.15) is 11.2 Å². The topological polar surface area (TPSA) is 55.1 Å². The molecule has 2 heterocycles. The summed E-state index contributed by atoms with van der Waals surface area (Å²) in [6.07, 6.45) is 0. The SMILES string of the molecule is c1ccc(-c2ccc(-c3nc(-c4ccc(-c5ccccc5)cc4)nc(-c4ccc5c(c4)oc4ccc(N(c6ccccc6)c6ccc(-c7ccccc7)cc6)cc45)n3)cc2)cc1. The van der Waals surface area contributed by atoms with Crippen LogP contribution in [0.5, 0.6) is 0 Å². The largest absolute Gasteiger partial charge is 0.456 e. The molecule has 0 unspecified atom stereocenters. The summed E-state index contributed by atoms with van der Waals surface area (Å²) in [5.41, 5.74) is 14.3. The maximum absolute atomic E-state index is 6.58. The van der Waals surface area contributed by atoms with Crippen molar-refractivity contribution in [2.75, 3.05) is 4.90 Å². The van der Waals surface area contributed by atoms with E-state index < -0.39 is 0 Å². The number of benzene rings is 9. The number of aromatic nitrogens is 3. The summed E-state index contributed by atoms with van der Waals surface area (Å²) in [6.45, 7) is 0. The van der Waals surface area contributed by atoms with E-state index in [1.54, 1.807) is 0 Å². The van der Waals surface area contributed by atoms with Crippen LogP contribution in [-0.4, -0.2) is 15.0 Å². The predicted molar refractivity (Wildman–Crippen MR) is 254 cm³/mol. The standard InChI is InChI=1S/C57H38N4O/c1-5-13-39(14-6-1)42-21-25-45(26-22-42)55-58-56(46-27-23-43(24-28-46)40-15-7-2-8-16-40)60-57(59-55)47-31-35-51-52-38-50(34-36-53(52)62-54(51)37-47)61(48-19-11-4-12-20-48)49-32-29-44(30-33-49)41-17-9-3-10-18-41/h1-38H. The molecule has 0 radical (unpaired) electrons. The van der Waals surface area contributed by atoms with Crippen LogP contribution in [0.15, 0.2) is 235 Å². The molecule has 0 aliphatic heterocycles. The van der Waals surface area contributed by atoms with Gasteiger partial charge in [-0.05, 0) is 88.0 Å². The average Bonchev–Trinajstić information content (AvgIpc) is 3.73. The van der Waals surface area contributed by atoms with E-state index in [0.717, 1.165) is 77.9 Å². The molecular weight excluding hydrogens is 757 g/mol. The van der Waals surface area contributed by atoms with E-state index in [1.807, 2.05) is 30.3 Å². The quantitative estimate of drug-likeness (QED) is 0.146. The van der Waals surface area contributed by atoms with Crippen LogP contribution in [-0.2, 0) is 0 Å². The van der Waals surface area contributed by atoms with E-state index >= 15 is 0 Å². The molecule has 0 aliphatic rings. The number of hydrogen-bond acceptors (Lipinski definition) is 5. The summed E-state index contributed by atoms with van der Waals surface area (Å²) in [6, 6.07) is 79.9. The molecule has 0 fully saturated rings. The van der Waals surface area contributed by atoms with Crippen LogP contribution < -0.4 is 4.90 Å². The first kappa shape index (κ1) is 36.7. The molecule has 0 bridgehead atoms. The number of fused-ring (bicyclic) bond motifs is 3. The molecule has 5 nitrogen and oxygen atoms in total. The summed E-state index contributed by atoms with van der Waals surface area (Å²) in [4.78, 5) is 17.5. The van der Waals surface area contributed by atoms with E-state index in [4.69, 9.17) is 19.4 Å². The fourth-order valence-electron chi connectivity index (χ4n) is 8.15. The first-order valence-electron chi connectivity index (χ1n) is 20.8. The lowest BCUT2D eigenvalue weighted by atomic mass is 10.0. The second-order valence-electron chi connectivity index (χ2n) is 15.3. The minimum Gasteiger partial charge on any atom is -0.456 e. The van der Waals surface area contributed by atoms with E-state index in [-0.39, 0.29) is 0 Å². The number of nitrogens with zero attached hydrogens (tertiary/aromatic N) is 4. The van der Waals surface area contributed by atoms with Crippen molar-refractivity contribution >= 4 is 39.0 Å². The summed E-state index contributed by atoms with van der Waals surface area (Å²) in [7, 11) is 0.